The summed E-state index contributed by atoms with van der Waals surface area (Å²) in [5, 5.41) is 0. The molecule has 0 aliphatic carbocycles. The monoisotopic (exact) mass is 395 g/mol. The first-order valence-electron chi connectivity index (χ1n) is 9.24. The summed E-state index contributed by atoms with van der Waals surface area (Å²) in [5.74, 6) is 2.64. The smallest absolute Gasteiger partial charge is 0.413 e. The van der Waals surface area contributed by atoms with Gasteiger partial charge in [-0.25, -0.2) is 9.59 Å². The van der Waals surface area contributed by atoms with Gasteiger partial charge in [0.05, 0.1) is 19.3 Å². The molecule has 27 heavy (non-hydrogen) atoms. The highest BCUT2D eigenvalue weighted by Crippen LogP contribution is 2.32. The van der Waals surface area contributed by atoms with Crippen molar-refractivity contribution in [2.45, 2.75) is 78.6 Å². The fourth-order valence-corrected chi connectivity index (χ4v) is 2.99. The van der Waals surface area contributed by atoms with Crippen LogP contribution >= 0.6 is 0 Å². The molecule has 1 amide bonds. The van der Waals surface area contributed by atoms with Crippen molar-refractivity contribution >= 4 is 20.1 Å². The first-order valence-corrected chi connectivity index (χ1v) is 12.7. The maximum absolute atomic E-state index is 12.8. The van der Waals surface area contributed by atoms with Gasteiger partial charge in [0.15, 0.2) is 0 Å². The number of hydrogen-bond donors (Lipinski definition) is 0. The second-order valence-corrected chi connectivity index (χ2v) is 13.7. The molecular weight excluding hydrogens is 362 g/mol. The molecule has 0 aromatic heterocycles. The van der Waals surface area contributed by atoms with Crippen molar-refractivity contribution < 1.29 is 23.8 Å². The Bertz CT molecular complexity index is 659. The lowest BCUT2D eigenvalue weighted by Crippen LogP contribution is -2.50. The minimum absolute atomic E-state index is 0.234. The van der Waals surface area contributed by atoms with Gasteiger partial charge in [0.25, 0.3) is 0 Å². The third-order valence-electron chi connectivity index (χ3n) is 3.58. The third kappa shape index (κ3) is 7.39. The van der Waals surface area contributed by atoms with E-state index in [4.69, 9.17) is 14.2 Å². The summed E-state index contributed by atoms with van der Waals surface area (Å²) in [4.78, 5) is 26.4. The average molecular weight is 396 g/mol. The molecule has 1 aliphatic rings. The molecule has 7 heteroatoms. The fourth-order valence-electron chi connectivity index (χ4n) is 2.48. The molecule has 1 rings (SSSR count). The third-order valence-corrected chi connectivity index (χ3v) is 4.45. The van der Waals surface area contributed by atoms with E-state index in [0.29, 0.717) is 5.57 Å². The summed E-state index contributed by atoms with van der Waals surface area (Å²) in [6.07, 6.45) is 0.864. The Morgan fingerprint density at radius 2 is 1.89 bits per heavy atom. The number of nitrogens with zero attached hydrogens (tertiary/aromatic N) is 1. The van der Waals surface area contributed by atoms with Crippen molar-refractivity contribution in [3.63, 3.8) is 0 Å². The highest BCUT2D eigenvalue weighted by atomic mass is 28.3. The predicted molar refractivity (Wildman–Crippen MR) is 108 cm³/mol. The van der Waals surface area contributed by atoms with Crippen LogP contribution in [-0.4, -0.2) is 55.6 Å². The van der Waals surface area contributed by atoms with Gasteiger partial charge in [-0.15, -0.1) is 5.54 Å². The van der Waals surface area contributed by atoms with E-state index in [0.717, 1.165) is 0 Å². The van der Waals surface area contributed by atoms with Gasteiger partial charge >= 0.3 is 12.1 Å². The van der Waals surface area contributed by atoms with E-state index in [9.17, 15) is 9.59 Å². The van der Waals surface area contributed by atoms with Crippen LogP contribution in [0.2, 0.25) is 19.6 Å². The van der Waals surface area contributed by atoms with E-state index in [1.807, 2.05) is 20.8 Å². The maximum Gasteiger partial charge on any atom is 0.413 e. The number of hydrogen-bond acceptors (Lipinski definition) is 5. The highest BCUT2D eigenvalue weighted by molar-refractivity contribution is 6.83. The van der Waals surface area contributed by atoms with Gasteiger partial charge in [-0.2, -0.15) is 0 Å². The van der Waals surface area contributed by atoms with Crippen molar-refractivity contribution in [1.82, 2.24) is 4.90 Å². The minimum atomic E-state index is -1.69. The lowest BCUT2D eigenvalue weighted by Gasteiger charge is -2.35. The Balaban J connectivity index is 3.33. The zero-order valence-electron chi connectivity index (χ0n) is 18.1. The number of carbonyl (C=O) groups excluding carboxylic acids is 2. The molecule has 1 fully saturated rings. The molecule has 1 saturated heterocycles. The first-order chi connectivity index (χ1) is 12.2. The zero-order chi connectivity index (χ0) is 21.0. The summed E-state index contributed by atoms with van der Waals surface area (Å²) >= 11 is 0. The number of amides is 1. The summed E-state index contributed by atoms with van der Waals surface area (Å²) < 4.78 is 16.4. The lowest BCUT2D eigenvalue weighted by atomic mass is 10.1. The molecule has 1 atom stereocenters. The van der Waals surface area contributed by atoms with Crippen LogP contribution in [-0.2, 0) is 19.0 Å². The van der Waals surface area contributed by atoms with Crippen molar-refractivity contribution in [1.29, 1.82) is 0 Å². The Hall–Kier alpha value is -1.78. The Labute approximate surface area is 164 Å². The van der Waals surface area contributed by atoms with Crippen molar-refractivity contribution in [2.24, 2.45) is 0 Å². The normalized spacial score (nSPS) is 20.0. The van der Waals surface area contributed by atoms with Crippen LogP contribution in [0.1, 0.15) is 41.5 Å². The molecule has 0 spiro atoms. The molecule has 0 unspecified atom stereocenters. The van der Waals surface area contributed by atoms with Gasteiger partial charge in [0.2, 0.25) is 0 Å². The van der Waals surface area contributed by atoms with Gasteiger partial charge in [0, 0.05) is 11.6 Å². The molecule has 1 aliphatic heterocycles. The largest absolute Gasteiger partial charge is 0.463 e. The van der Waals surface area contributed by atoms with Crippen LogP contribution in [0.4, 0.5) is 4.79 Å². The van der Waals surface area contributed by atoms with E-state index in [1.165, 1.54) is 11.0 Å². The van der Waals surface area contributed by atoms with Crippen LogP contribution in [0.15, 0.2) is 11.6 Å². The molecule has 0 saturated carbocycles. The van der Waals surface area contributed by atoms with Gasteiger partial charge < -0.3 is 14.2 Å². The van der Waals surface area contributed by atoms with Crippen LogP contribution in [0.25, 0.3) is 0 Å². The molecule has 0 aromatic rings. The Kier molecular flexibility index (Phi) is 7.31. The molecule has 152 valence electrons. The highest BCUT2D eigenvalue weighted by Gasteiger charge is 2.47. The van der Waals surface area contributed by atoms with Crippen molar-refractivity contribution in [3.05, 3.63) is 11.6 Å². The molecular formula is C20H33NO5Si. The fraction of sp³-hybridized carbons (Fsp3) is 0.700. The number of ether oxygens (including phenoxy) is 3. The number of carbonyl (C=O) groups is 2. The van der Waals surface area contributed by atoms with Gasteiger partial charge in [-0.1, -0.05) is 25.6 Å². The van der Waals surface area contributed by atoms with E-state index < -0.39 is 37.5 Å². The molecule has 0 bridgehead atoms. The SMILES string of the molecule is CCOC(=O)/C=C(\C#C[Si](C)(C)C)[C@@H]1COC(C)(C)N1C(=O)OC(C)(C)C. The summed E-state index contributed by atoms with van der Waals surface area (Å²) in [5.41, 5.74) is 2.25. The van der Waals surface area contributed by atoms with Crippen molar-refractivity contribution in [3.8, 4) is 11.5 Å². The van der Waals surface area contributed by atoms with E-state index in [2.05, 4.69) is 31.1 Å². The average Bonchev–Trinajstić information content (AvgIpc) is 2.76. The molecule has 1 heterocycles. The van der Waals surface area contributed by atoms with Gasteiger partial charge in [0.1, 0.15) is 19.4 Å². The quantitative estimate of drug-likeness (QED) is 0.315. The first kappa shape index (κ1) is 23.3. The lowest BCUT2D eigenvalue weighted by molar-refractivity contribution is -0.137. The second kappa shape index (κ2) is 8.49. The van der Waals surface area contributed by atoms with Crippen LogP contribution in [0, 0.1) is 11.5 Å². The van der Waals surface area contributed by atoms with E-state index >= 15 is 0 Å². The minimum Gasteiger partial charge on any atom is -0.463 e. The maximum atomic E-state index is 12.8. The van der Waals surface area contributed by atoms with E-state index in [1.54, 1.807) is 20.8 Å². The molecule has 0 radical (unpaired) electrons. The summed E-state index contributed by atoms with van der Waals surface area (Å²) in [6, 6.07) is -0.511. The van der Waals surface area contributed by atoms with Gasteiger partial charge in [-0.05, 0) is 41.5 Å². The second-order valence-electron chi connectivity index (χ2n) is 8.98. The number of esters is 1. The van der Waals surface area contributed by atoms with Gasteiger partial charge in [-0.3, -0.25) is 4.90 Å². The molecule has 6 nitrogen and oxygen atoms in total. The standard InChI is InChI=1S/C20H33NO5Si/c1-10-24-17(22)13-15(11-12-27(7,8)9)16-14-25-20(5,6)21(16)18(23)26-19(2,3)4/h13,16H,10,14H2,1-9H3/b15-13+/t16-/m0/s1. The summed E-state index contributed by atoms with van der Waals surface area (Å²) in [7, 11) is -1.69. The molecule has 0 aromatic carbocycles. The predicted octanol–water partition coefficient (Wildman–Crippen LogP) is 3.73. The Morgan fingerprint density at radius 1 is 1.30 bits per heavy atom. The van der Waals surface area contributed by atoms with E-state index in [-0.39, 0.29) is 13.2 Å². The van der Waals surface area contributed by atoms with Crippen molar-refractivity contribution in [2.75, 3.05) is 13.2 Å². The van der Waals surface area contributed by atoms with Crippen LogP contribution < -0.4 is 0 Å². The van der Waals surface area contributed by atoms with Crippen LogP contribution in [0.3, 0.4) is 0 Å². The topological polar surface area (TPSA) is 65.1 Å². The van der Waals surface area contributed by atoms with Crippen LogP contribution in [0.5, 0.6) is 0 Å². The summed E-state index contributed by atoms with van der Waals surface area (Å²) in [6.45, 7) is 17.6. The Morgan fingerprint density at radius 3 is 2.37 bits per heavy atom. The molecule has 0 N–H and O–H groups in total. The zero-order valence-corrected chi connectivity index (χ0v) is 19.1. The number of rotatable bonds is 3.